The monoisotopic (exact) mass is 636 g/mol. The van der Waals surface area contributed by atoms with E-state index in [9.17, 15) is 20.4 Å². The zero-order valence-corrected chi connectivity index (χ0v) is 27.9. The fraction of sp³-hybridized carbons (Fsp3) is 0.632. The molecule has 0 spiro atoms. The third kappa shape index (κ3) is 8.77. The van der Waals surface area contributed by atoms with Crippen LogP contribution in [0.15, 0.2) is 34.7 Å². The lowest BCUT2D eigenvalue weighted by Gasteiger charge is -2.35. The first-order valence-corrected chi connectivity index (χ1v) is 17.8. The summed E-state index contributed by atoms with van der Waals surface area (Å²) in [5.74, 6) is 4.09. The molecule has 46 heavy (non-hydrogen) atoms. The molecule has 0 bridgehead atoms. The van der Waals surface area contributed by atoms with E-state index in [4.69, 9.17) is 9.15 Å². The Hall–Kier alpha value is -2.78. The second-order valence-electron chi connectivity index (χ2n) is 13.7. The lowest BCUT2D eigenvalue weighted by Crippen LogP contribution is -2.42. The van der Waals surface area contributed by atoms with Gasteiger partial charge in [0.2, 0.25) is 0 Å². The van der Waals surface area contributed by atoms with Crippen LogP contribution >= 0.6 is 0 Å². The van der Waals surface area contributed by atoms with Crippen LogP contribution in [0.5, 0.6) is 11.5 Å². The molecule has 2 aliphatic carbocycles. The lowest BCUT2D eigenvalue weighted by molar-refractivity contribution is 0.170. The van der Waals surface area contributed by atoms with E-state index >= 15 is 0 Å². The van der Waals surface area contributed by atoms with Crippen LogP contribution in [0.2, 0.25) is 0 Å². The number of unbranched alkanes of at least 4 members (excludes halogenated alkanes) is 1. The quantitative estimate of drug-likeness (QED) is 0.0993. The summed E-state index contributed by atoms with van der Waals surface area (Å²) in [5, 5.41) is 43.7. The number of aryl methyl sites for hydroxylation is 4. The summed E-state index contributed by atoms with van der Waals surface area (Å²) >= 11 is 0. The zero-order chi connectivity index (χ0) is 32.5. The Morgan fingerprint density at radius 2 is 1.91 bits per heavy atom. The number of aliphatic hydroxyl groups excluding tert-OH is 3. The molecule has 8 heteroatoms. The first-order chi connectivity index (χ1) is 22.4. The van der Waals surface area contributed by atoms with Crippen molar-refractivity contribution in [2.45, 2.75) is 122 Å². The summed E-state index contributed by atoms with van der Waals surface area (Å²) in [7, 11) is 0. The van der Waals surface area contributed by atoms with E-state index in [0.29, 0.717) is 43.6 Å². The Bertz CT molecular complexity index is 1360. The molecule has 1 fully saturated rings. The molecule has 0 aliphatic heterocycles. The van der Waals surface area contributed by atoms with E-state index in [2.05, 4.69) is 23.3 Å². The number of nitrogens with one attached hydrogen (secondary N) is 2. The van der Waals surface area contributed by atoms with Crippen molar-refractivity contribution in [2.75, 3.05) is 19.8 Å². The Morgan fingerprint density at radius 1 is 1.04 bits per heavy atom. The van der Waals surface area contributed by atoms with E-state index < -0.39 is 6.10 Å². The number of hydrogen-bond acceptors (Lipinski definition) is 7. The van der Waals surface area contributed by atoms with E-state index in [1.54, 1.807) is 6.07 Å². The van der Waals surface area contributed by atoms with Gasteiger partial charge in [0.1, 0.15) is 11.5 Å². The second-order valence-corrected chi connectivity index (χ2v) is 13.7. The van der Waals surface area contributed by atoms with Gasteiger partial charge in [0.05, 0.1) is 19.3 Å². The van der Waals surface area contributed by atoms with Gasteiger partial charge in [0.25, 0.3) is 0 Å². The van der Waals surface area contributed by atoms with E-state index in [1.165, 1.54) is 36.9 Å². The first kappa shape index (κ1) is 34.6. The number of aromatic amines is 1. The number of benzene rings is 1. The van der Waals surface area contributed by atoms with Gasteiger partial charge >= 0.3 is 0 Å². The van der Waals surface area contributed by atoms with Crippen molar-refractivity contribution in [3.05, 3.63) is 69.9 Å². The minimum atomic E-state index is -0.414. The summed E-state index contributed by atoms with van der Waals surface area (Å²) in [6, 6.07) is 10.1. The Morgan fingerprint density at radius 3 is 2.70 bits per heavy atom. The van der Waals surface area contributed by atoms with Gasteiger partial charge in [0.15, 0.2) is 11.5 Å². The SMILES string of the molecule is CCCCc1oc(CCc2ccc(O)c(OCCc3cc4c([nH]3)CCC3CCCC3C4C(CCCO)NCC(C)O)c2)cc1CO. The third-order valence-electron chi connectivity index (χ3n) is 10.3. The Balaban J connectivity index is 1.23. The van der Waals surface area contributed by atoms with E-state index in [-0.39, 0.29) is 25.0 Å². The summed E-state index contributed by atoms with van der Waals surface area (Å²) in [6.07, 6.45) is 12.4. The molecular formula is C38H56N2O6. The number of phenolic OH excluding ortho intramolecular Hbond substituents is 1. The number of H-pyrrole nitrogens is 1. The minimum absolute atomic E-state index is 0.00449. The second kappa shape index (κ2) is 16.9. The van der Waals surface area contributed by atoms with Crippen LogP contribution < -0.4 is 10.1 Å². The van der Waals surface area contributed by atoms with E-state index in [0.717, 1.165) is 79.2 Å². The molecule has 254 valence electrons. The van der Waals surface area contributed by atoms with Gasteiger partial charge in [0, 0.05) is 61.3 Å². The minimum Gasteiger partial charge on any atom is -0.504 e. The van der Waals surface area contributed by atoms with Gasteiger partial charge in [-0.25, -0.2) is 0 Å². The largest absolute Gasteiger partial charge is 0.504 e. The normalized spacial score (nSPS) is 20.7. The van der Waals surface area contributed by atoms with Gasteiger partial charge in [-0.15, -0.1) is 0 Å². The molecule has 8 nitrogen and oxygen atoms in total. The van der Waals surface area contributed by atoms with Crippen molar-refractivity contribution < 1.29 is 29.6 Å². The van der Waals surface area contributed by atoms with Crippen LogP contribution in [-0.4, -0.2) is 57.3 Å². The standard InChI is InChI=1S/C38H56N2O6/c1-3-4-10-36-28(24-42)21-30(46-36)14-11-26-12-16-35(44)37(20-26)45-19-17-29-22-32-33(40-29)15-13-27-7-5-8-31(27)38(32)34(9-6-18-41)39-23-25(2)43/h12,16,20-22,25,27,31,34,38-44H,3-11,13-15,17-19,23-24H2,1-2H3. The highest BCUT2D eigenvalue weighted by Crippen LogP contribution is 2.49. The van der Waals surface area contributed by atoms with Crippen molar-refractivity contribution in [3.63, 3.8) is 0 Å². The number of rotatable bonds is 18. The maximum atomic E-state index is 10.6. The predicted octanol–water partition coefficient (Wildman–Crippen LogP) is 6.11. The molecule has 5 atom stereocenters. The van der Waals surface area contributed by atoms with Gasteiger partial charge in [-0.05, 0) is 99.1 Å². The zero-order valence-electron chi connectivity index (χ0n) is 27.9. The molecule has 5 rings (SSSR count). The van der Waals surface area contributed by atoms with Gasteiger partial charge in [-0.2, -0.15) is 0 Å². The number of ether oxygens (including phenoxy) is 1. The summed E-state index contributed by atoms with van der Waals surface area (Å²) in [6.45, 7) is 5.15. The maximum Gasteiger partial charge on any atom is 0.161 e. The number of aromatic hydroxyl groups is 1. The molecular weight excluding hydrogens is 580 g/mol. The lowest BCUT2D eigenvalue weighted by atomic mass is 9.75. The van der Waals surface area contributed by atoms with E-state index in [1.807, 2.05) is 25.1 Å². The molecule has 3 aromatic rings. The number of phenols is 1. The molecule has 5 unspecified atom stereocenters. The number of fused-ring (bicyclic) bond motifs is 2. The van der Waals surface area contributed by atoms with Crippen molar-refractivity contribution in [2.24, 2.45) is 11.8 Å². The van der Waals surface area contributed by atoms with Crippen LogP contribution in [-0.2, 0) is 38.7 Å². The molecule has 0 radical (unpaired) electrons. The van der Waals surface area contributed by atoms with Crippen molar-refractivity contribution in [3.8, 4) is 11.5 Å². The van der Waals surface area contributed by atoms with Crippen LogP contribution in [0, 0.1) is 11.8 Å². The maximum absolute atomic E-state index is 10.6. The highest BCUT2D eigenvalue weighted by Gasteiger charge is 2.41. The average Bonchev–Trinajstić information content (AvgIpc) is 3.77. The molecule has 0 amide bonds. The van der Waals surface area contributed by atoms with Gasteiger partial charge in [-0.3, -0.25) is 0 Å². The van der Waals surface area contributed by atoms with Gasteiger partial charge < -0.3 is 39.9 Å². The molecule has 2 aliphatic rings. The average molecular weight is 637 g/mol. The summed E-state index contributed by atoms with van der Waals surface area (Å²) in [4.78, 5) is 3.75. The first-order valence-electron chi connectivity index (χ1n) is 17.8. The number of furan rings is 1. The highest BCUT2D eigenvalue weighted by molar-refractivity contribution is 5.42. The molecule has 2 aromatic heterocycles. The molecule has 1 saturated carbocycles. The van der Waals surface area contributed by atoms with Crippen LogP contribution in [0.1, 0.15) is 111 Å². The van der Waals surface area contributed by atoms with Crippen molar-refractivity contribution >= 4 is 0 Å². The Labute approximate surface area is 274 Å². The molecule has 6 N–H and O–H groups in total. The topological polar surface area (TPSA) is 131 Å². The highest BCUT2D eigenvalue weighted by atomic mass is 16.5. The molecule has 2 heterocycles. The smallest absolute Gasteiger partial charge is 0.161 e. The third-order valence-corrected chi connectivity index (χ3v) is 10.3. The number of hydrogen-bond donors (Lipinski definition) is 6. The predicted molar refractivity (Wildman–Crippen MR) is 180 cm³/mol. The van der Waals surface area contributed by atoms with Crippen LogP contribution in [0.3, 0.4) is 0 Å². The van der Waals surface area contributed by atoms with Crippen LogP contribution in [0.4, 0.5) is 0 Å². The number of aromatic nitrogens is 1. The fourth-order valence-electron chi connectivity index (χ4n) is 7.93. The van der Waals surface area contributed by atoms with Crippen LogP contribution in [0.25, 0.3) is 0 Å². The van der Waals surface area contributed by atoms with Crippen molar-refractivity contribution in [1.82, 2.24) is 10.3 Å². The fourth-order valence-corrected chi connectivity index (χ4v) is 7.93. The number of aliphatic hydroxyl groups is 3. The Kier molecular flexibility index (Phi) is 12.7. The molecule has 1 aromatic carbocycles. The molecule has 0 saturated heterocycles. The summed E-state index contributed by atoms with van der Waals surface area (Å²) < 4.78 is 12.2. The van der Waals surface area contributed by atoms with Crippen molar-refractivity contribution in [1.29, 1.82) is 0 Å². The summed E-state index contributed by atoms with van der Waals surface area (Å²) in [5.41, 5.74) is 5.81. The van der Waals surface area contributed by atoms with Gasteiger partial charge in [-0.1, -0.05) is 32.3 Å².